The number of halogens is 1. The van der Waals surface area contributed by atoms with Crippen molar-refractivity contribution in [3.63, 3.8) is 0 Å². The number of rotatable bonds is 4. The van der Waals surface area contributed by atoms with Gasteiger partial charge in [-0.15, -0.1) is 0 Å². The van der Waals surface area contributed by atoms with Crippen LogP contribution in [0.1, 0.15) is 41.8 Å². The molecule has 0 radical (unpaired) electrons. The van der Waals surface area contributed by atoms with Crippen LogP contribution in [0.4, 0.5) is 5.69 Å². The van der Waals surface area contributed by atoms with Crippen LogP contribution >= 0.6 is 11.6 Å². The third-order valence-corrected chi connectivity index (χ3v) is 5.48. The van der Waals surface area contributed by atoms with Crippen molar-refractivity contribution in [1.82, 2.24) is 10.3 Å². The zero-order valence-corrected chi connectivity index (χ0v) is 17.5. The Balaban J connectivity index is 1.55. The van der Waals surface area contributed by atoms with Gasteiger partial charge >= 0.3 is 0 Å². The first kappa shape index (κ1) is 20.0. The molecule has 1 aromatic heterocycles. The summed E-state index contributed by atoms with van der Waals surface area (Å²) in [5, 5.41) is 3.47. The first-order valence-electron chi connectivity index (χ1n) is 9.63. The SMILES string of the molecule is CC1(C)c2cc(Cl)ccc2C(=O)N1c1cncc(CNC(=O)C2=CN=CCC=C2)c1. The number of anilines is 1. The Bertz CT molecular complexity index is 1120. The zero-order chi connectivity index (χ0) is 21.3. The van der Waals surface area contributed by atoms with Crippen molar-refractivity contribution in [2.24, 2.45) is 4.99 Å². The van der Waals surface area contributed by atoms with Crippen LogP contribution in [0.5, 0.6) is 0 Å². The fraction of sp³-hybridized carbons (Fsp3) is 0.217. The summed E-state index contributed by atoms with van der Waals surface area (Å²) < 4.78 is 0. The largest absolute Gasteiger partial charge is 0.348 e. The van der Waals surface area contributed by atoms with E-state index in [-0.39, 0.29) is 18.4 Å². The molecule has 3 heterocycles. The molecule has 4 rings (SSSR count). The van der Waals surface area contributed by atoms with Gasteiger partial charge in [0.1, 0.15) is 0 Å². The highest BCUT2D eigenvalue weighted by Crippen LogP contribution is 2.42. The van der Waals surface area contributed by atoms with Crippen molar-refractivity contribution in [3.8, 4) is 0 Å². The molecule has 0 fully saturated rings. The number of allylic oxidation sites excluding steroid dienone is 1. The topological polar surface area (TPSA) is 74.7 Å². The predicted octanol–water partition coefficient (Wildman–Crippen LogP) is 4.16. The second kappa shape index (κ2) is 7.88. The number of carbonyl (C=O) groups excluding carboxylic acids is 2. The second-order valence-electron chi connectivity index (χ2n) is 7.68. The Kier molecular flexibility index (Phi) is 5.26. The van der Waals surface area contributed by atoms with Crippen molar-refractivity contribution in [3.05, 3.63) is 82.3 Å². The standard InChI is InChI=1S/C23H21ClN4O2/c1-23(2)20-10-17(24)6-7-19(20)22(30)28(23)18-9-15(11-26-14-18)12-27-21(29)16-5-3-4-8-25-13-16/h3,5-11,13-14H,4,12H2,1-2H3,(H,27,29). The maximum atomic E-state index is 13.1. The molecule has 30 heavy (non-hydrogen) atoms. The summed E-state index contributed by atoms with van der Waals surface area (Å²) in [6.45, 7) is 4.25. The number of aliphatic imine (C=N–C) groups is 1. The van der Waals surface area contributed by atoms with E-state index in [1.165, 1.54) is 0 Å². The molecule has 0 unspecified atom stereocenters. The molecule has 0 saturated heterocycles. The summed E-state index contributed by atoms with van der Waals surface area (Å²) in [5.74, 6) is -0.309. The molecule has 2 aromatic rings. The predicted molar refractivity (Wildman–Crippen MR) is 118 cm³/mol. The average molecular weight is 421 g/mol. The molecule has 7 heteroatoms. The van der Waals surface area contributed by atoms with E-state index in [4.69, 9.17) is 11.6 Å². The molecule has 0 spiro atoms. The molecule has 6 nitrogen and oxygen atoms in total. The van der Waals surface area contributed by atoms with E-state index in [1.54, 1.807) is 47.9 Å². The van der Waals surface area contributed by atoms with Gasteiger partial charge in [-0.05, 0) is 49.2 Å². The minimum atomic E-state index is -0.575. The number of pyridine rings is 1. The van der Waals surface area contributed by atoms with Gasteiger partial charge in [0.25, 0.3) is 11.8 Å². The molecule has 0 saturated carbocycles. The lowest BCUT2D eigenvalue weighted by atomic mass is 9.93. The maximum absolute atomic E-state index is 13.1. The van der Waals surface area contributed by atoms with Crippen molar-refractivity contribution in [2.45, 2.75) is 32.4 Å². The smallest absolute Gasteiger partial charge is 0.259 e. The molecule has 0 aliphatic carbocycles. The van der Waals surface area contributed by atoms with E-state index in [1.807, 2.05) is 32.1 Å². The van der Waals surface area contributed by atoms with Gasteiger partial charge in [0.05, 0.1) is 23.0 Å². The number of nitrogens with one attached hydrogen (secondary N) is 1. The number of hydrogen-bond donors (Lipinski definition) is 1. The van der Waals surface area contributed by atoms with Crippen LogP contribution < -0.4 is 10.2 Å². The van der Waals surface area contributed by atoms with Crippen LogP contribution in [-0.4, -0.2) is 23.0 Å². The van der Waals surface area contributed by atoms with E-state index < -0.39 is 5.54 Å². The summed E-state index contributed by atoms with van der Waals surface area (Å²) in [4.78, 5) is 35.6. The molecule has 1 N–H and O–H groups in total. The summed E-state index contributed by atoms with van der Waals surface area (Å²) in [5.41, 5.74) is 2.90. The van der Waals surface area contributed by atoms with Crippen LogP contribution in [0.3, 0.4) is 0 Å². The Morgan fingerprint density at radius 2 is 2.10 bits per heavy atom. The Hall–Kier alpha value is -3.25. The molecule has 1 aromatic carbocycles. The van der Waals surface area contributed by atoms with Crippen molar-refractivity contribution in [2.75, 3.05) is 4.90 Å². The van der Waals surface area contributed by atoms with Gasteiger partial charge in [-0.3, -0.25) is 24.5 Å². The van der Waals surface area contributed by atoms with E-state index in [2.05, 4.69) is 15.3 Å². The average Bonchev–Trinajstić information content (AvgIpc) is 2.92. The summed E-state index contributed by atoms with van der Waals surface area (Å²) in [6.07, 6.45) is 11.0. The fourth-order valence-corrected chi connectivity index (χ4v) is 3.92. The Morgan fingerprint density at radius 1 is 1.27 bits per heavy atom. The normalized spacial score (nSPS) is 16.8. The fourth-order valence-electron chi connectivity index (χ4n) is 3.75. The Morgan fingerprint density at radius 3 is 2.93 bits per heavy atom. The second-order valence-corrected chi connectivity index (χ2v) is 8.11. The van der Waals surface area contributed by atoms with Crippen LogP contribution in [0.2, 0.25) is 5.02 Å². The van der Waals surface area contributed by atoms with Gasteiger partial charge in [0.15, 0.2) is 0 Å². The van der Waals surface area contributed by atoms with Gasteiger partial charge in [0.2, 0.25) is 0 Å². The number of fused-ring (bicyclic) bond motifs is 1. The molecule has 2 aliphatic heterocycles. The third-order valence-electron chi connectivity index (χ3n) is 5.25. The molecule has 152 valence electrons. The Labute approximate surface area is 180 Å². The van der Waals surface area contributed by atoms with Crippen molar-refractivity contribution in [1.29, 1.82) is 0 Å². The number of hydrogen-bond acceptors (Lipinski definition) is 4. The summed E-state index contributed by atoms with van der Waals surface area (Å²) in [7, 11) is 0. The monoisotopic (exact) mass is 420 g/mol. The molecule has 2 aliphatic rings. The van der Waals surface area contributed by atoms with E-state index in [9.17, 15) is 9.59 Å². The number of aromatic nitrogens is 1. The van der Waals surface area contributed by atoms with E-state index >= 15 is 0 Å². The van der Waals surface area contributed by atoms with Crippen LogP contribution in [0.25, 0.3) is 0 Å². The highest BCUT2D eigenvalue weighted by Gasteiger charge is 2.44. The van der Waals surface area contributed by atoms with Crippen LogP contribution in [0.15, 0.2) is 65.6 Å². The van der Waals surface area contributed by atoms with Gasteiger partial charge in [-0.2, -0.15) is 0 Å². The van der Waals surface area contributed by atoms with Crippen LogP contribution in [-0.2, 0) is 16.9 Å². The van der Waals surface area contributed by atoms with Crippen molar-refractivity contribution < 1.29 is 9.59 Å². The van der Waals surface area contributed by atoms with Gasteiger partial charge in [-0.1, -0.05) is 23.8 Å². The summed E-state index contributed by atoms with van der Waals surface area (Å²) >= 11 is 6.16. The number of carbonyl (C=O) groups is 2. The third kappa shape index (κ3) is 3.66. The highest BCUT2D eigenvalue weighted by atomic mass is 35.5. The zero-order valence-electron chi connectivity index (χ0n) is 16.7. The molecule has 0 atom stereocenters. The van der Waals surface area contributed by atoms with Crippen molar-refractivity contribution >= 4 is 35.3 Å². The molecule has 2 amide bonds. The highest BCUT2D eigenvalue weighted by molar-refractivity contribution is 6.31. The minimum Gasteiger partial charge on any atom is -0.348 e. The van der Waals surface area contributed by atoms with Gasteiger partial charge in [0, 0.05) is 42.2 Å². The number of nitrogens with zero attached hydrogens (tertiary/aromatic N) is 3. The van der Waals surface area contributed by atoms with E-state index in [0.29, 0.717) is 28.3 Å². The van der Waals surface area contributed by atoms with Crippen LogP contribution in [0, 0.1) is 0 Å². The number of benzene rings is 1. The molecular weight excluding hydrogens is 400 g/mol. The summed E-state index contributed by atoms with van der Waals surface area (Å²) in [6, 6.07) is 7.19. The maximum Gasteiger partial charge on any atom is 0.259 e. The first-order chi connectivity index (χ1) is 14.4. The van der Waals surface area contributed by atoms with Gasteiger partial charge < -0.3 is 5.32 Å². The number of amides is 2. The van der Waals surface area contributed by atoms with E-state index in [0.717, 1.165) is 11.1 Å². The lowest BCUT2D eigenvalue weighted by Crippen LogP contribution is -2.39. The van der Waals surface area contributed by atoms with Gasteiger partial charge in [-0.25, -0.2) is 0 Å². The minimum absolute atomic E-state index is 0.0961. The lowest BCUT2D eigenvalue weighted by molar-refractivity contribution is -0.117. The lowest BCUT2D eigenvalue weighted by Gasteiger charge is -2.32. The first-order valence-corrected chi connectivity index (χ1v) is 10.0. The molecular formula is C23H21ClN4O2. The molecule has 0 bridgehead atoms. The quantitative estimate of drug-likeness (QED) is 0.806.